The van der Waals surface area contributed by atoms with Crippen LogP contribution >= 0.6 is 0 Å². The summed E-state index contributed by atoms with van der Waals surface area (Å²) in [5, 5.41) is 0.876. The van der Waals surface area contributed by atoms with E-state index in [9.17, 15) is 9.00 Å². The summed E-state index contributed by atoms with van der Waals surface area (Å²) >= 11 is -1.60. The number of fused-ring (bicyclic) bond motifs is 2. The molecule has 8 nitrogen and oxygen atoms in total. The average molecular weight is 478 g/mol. The Kier molecular flexibility index (Phi) is 5.95. The van der Waals surface area contributed by atoms with Crippen molar-refractivity contribution in [2.24, 2.45) is 10.1 Å². The summed E-state index contributed by atoms with van der Waals surface area (Å²) in [5.74, 6) is 0.734. The predicted octanol–water partition coefficient (Wildman–Crippen LogP) is 3.63. The van der Waals surface area contributed by atoms with Crippen molar-refractivity contribution < 1.29 is 13.7 Å². The molecular formula is C25H27N5O3S. The number of benzene rings is 2. The fraction of sp³-hybridized carbons (Fsp3) is 0.320. The topological polar surface area (TPSA) is 110 Å². The molecule has 0 spiro atoms. The number of aromatic nitrogens is 1. The van der Waals surface area contributed by atoms with E-state index in [4.69, 9.17) is 10.5 Å². The van der Waals surface area contributed by atoms with E-state index in [-0.39, 0.29) is 17.8 Å². The smallest absolute Gasteiger partial charge is 0.254 e. The third-order valence-electron chi connectivity index (χ3n) is 6.30. The van der Waals surface area contributed by atoms with Gasteiger partial charge in [0.2, 0.25) is 11.2 Å². The molecule has 2 aromatic carbocycles. The van der Waals surface area contributed by atoms with Gasteiger partial charge in [0.25, 0.3) is 5.91 Å². The van der Waals surface area contributed by atoms with Crippen molar-refractivity contribution in [1.82, 2.24) is 9.88 Å². The molecule has 3 N–H and O–H groups in total. The maximum Gasteiger partial charge on any atom is 0.254 e. The number of nitrogens with two attached hydrogens (primary N) is 1. The Morgan fingerprint density at radius 1 is 1.24 bits per heavy atom. The third kappa shape index (κ3) is 4.23. The molecule has 1 saturated heterocycles. The first-order valence-electron chi connectivity index (χ1n) is 11.4. The number of piperidine rings is 1. The first-order chi connectivity index (χ1) is 16.4. The molecule has 1 aromatic heterocycles. The molecule has 34 heavy (non-hydrogen) atoms. The zero-order valence-corrected chi connectivity index (χ0v) is 20.0. The highest BCUT2D eigenvalue weighted by atomic mass is 32.2. The van der Waals surface area contributed by atoms with Gasteiger partial charge in [-0.2, -0.15) is 4.40 Å². The van der Waals surface area contributed by atoms with E-state index in [2.05, 4.69) is 14.1 Å². The molecule has 9 heteroatoms. The Hall–Kier alpha value is -3.46. The Labute approximate surface area is 200 Å². The third-order valence-corrected chi connectivity index (χ3v) is 7.06. The molecule has 1 fully saturated rings. The molecule has 5 rings (SSSR count). The number of hydrogen-bond acceptors (Lipinski definition) is 5. The Bertz CT molecular complexity index is 1340. The van der Waals surface area contributed by atoms with Gasteiger partial charge in [0.15, 0.2) is 0 Å². The molecule has 0 radical (unpaired) electrons. The maximum atomic E-state index is 13.8. The summed E-state index contributed by atoms with van der Waals surface area (Å²) in [6.07, 6.45) is 2.84. The van der Waals surface area contributed by atoms with Crippen molar-refractivity contribution in [2.45, 2.75) is 39.2 Å². The number of aryl methyl sites for hydroxylation is 2. The number of likely N-dealkylation sites (tertiary alicyclic amines) is 1. The van der Waals surface area contributed by atoms with E-state index in [1.807, 2.05) is 55.1 Å². The van der Waals surface area contributed by atoms with Crippen LogP contribution in [0.2, 0.25) is 0 Å². The van der Waals surface area contributed by atoms with Gasteiger partial charge in [-0.05, 0) is 63.4 Å². The van der Waals surface area contributed by atoms with Gasteiger partial charge in [-0.25, -0.2) is 4.21 Å². The summed E-state index contributed by atoms with van der Waals surface area (Å²) < 4.78 is 24.7. The Morgan fingerprint density at radius 3 is 2.94 bits per heavy atom. The van der Waals surface area contributed by atoms with Crippen LogP contribution in [0.1, 0.15) is 46.4 Å². The first kappa shape index (κ1) is 22.3. The van der Waals surface area contributed by atoms with Crippen LogP contribution in [-0.4, -0.2) is 45.0 Å². The Morgan fingerprint density at radius 2 is 2.09 bits per heavy atom. The number of pyridine rings is 1. The highest BCUT2D eigenvalue weighted by Crippen LogP contribution is 2.31. The van der Waals surface area contributed by atoms with E-state index in [0.717, 1.165) is 41.4 Å². The molecule has 0 bridgehead atoms. The fourth-order valence-electron chi connectivity index (χ4n) is 4.68. The molecule has 0 aliphatic carbocycles. The van der Waals surface area contributed by atoms with E-state index < -0.39 is 11.2 Å². The number of nitrogens with zero attached hydrogens (tertiary/aromatic N) is 3. The van der Waals surface area contributed by atoms with Crippen LogP contribution in [0.3, 0.4) is 0 Å². The van der Waals surface area contributed by atoms with Crippen molar-refractivity contribution in [3.63, 3.8) is 0 Å². The van der Waals surface area contributed by atoms with E-state index in [1.165, 1.54) is 0 Å². The van der Waals surface area contributed by atoms with Crippen molar-refractivity contribution in [1.29, 1.82) is 0 Å². The first-order valence-corrected chi connectivity index (χ1v) is 12.5. The standard InChI is InChI=1S/C25H27N5O3S/c1-15-9-10-20-18(12-15)19(13-16(2)27-20)25(31)30-11-4-3-6-17(30)14-33-22-8-5-7-21-23(22)24(26)29-34(32)28-21/h5,7-10,12-13,17,28H,3-4,6,11,14H2,1-2H3,(H2,26,29). The molecular weight excluding hydrogens is 450 g/mol. The fourth-order valence-corrected chi connectivity index (χ4v) is 5.36. The number of rotatable bonds is 4. The molecule has 176 valence electrons. The largest absolute Gasteiger partial charge is 0.491 e. The summed E-state index contributed by atoms with van der Waals surface area (Å²) in [6, 6.07) is 13.2. The number of ether oxygens (including phenoxy) is 1. The van der Waals surface area contributed by atoms with Gasteiger partial charge in [-0.3, -0.25) is 14.5 Å². The number of carbonyl (C=O) groups is 1. The minimum atomic E-state index is -1.60. The van der Waals surface area contributed by atoms with Gasteiger partial charge >= 0.3 is 0 Å². The van der Waals surface area contributed by atoms with Crippen LogP contribution in [0.15, 0.2) is 46.9 Å². The van der Waals surface area contributed by atoms with Gasteiger partial charge in [0, 0.05) is 17.6 Å². The lowest BCUT2D eigenvalue weighted by atomic mass is 9.99. The number of amides is 1. The van der Waals surface area contributed by atoms with E-state index in [1.54, 1.807) is 6.07 Å². The molecule has 3 aromatic rings. The van der Waals surface area contributed by atoms with Gasteiger partial charge in [-0.15, -0.1) is 0 Å². The number of amidine groups is 1. The lowest BCUT2D eigenvalue weighted by Gasteiger charge is -2.36. The number of hydrogen-bond donors (Lipinski definition) is 2. The highest BCUT2D eigenvalue weighted by molar-refractivity contribution is 7.85. The van der Waals surface area contributed by atoms with Crippen LogP contribution < -0.4 is 15.2 Å². The van der Waals surface area contributed by atoms with Gasteiger partial charge in [-0.1, -0.05) is 17.7 Å². The van der Waals surface area contributed by atoms with Gasteiger partial charge < -0.3 is 15.4 Å². The lowest BCUT2D eigenvalue weighted by Crippen LogP contribution is -2.46. The molecule has 2 aliphatic heterocycles. The monoisotopic (exact) mass is 477 g/mol. The maximum absolute atomic E-state index is 13.8. The van der Waals surface area contributed by atoms with Crippen molar-refractivity contribution >= 4 is 39.5 Å². The molecule has 3 heterocycles. The van der Waals surface area contributed by atoms with Crippen LogP contribution in [-0.2, 0) is 11.2 Å². The minimum Gasteiger partial charge on any atom is -0.491 e. The van der Waals surface area contributed by atoms with Gasteiger partial charge in [0.1, 0.15) is 18.2 Å². The molecule has 2 aliphatic rings. The van der Waals surface area contributed by atoms with Crippen molar-refractivity contribution in [3.8, 4) is 5.75 Å². The minimum absolute atomic E-state index is 0.00244. The molecule has 1 amide bonds. The second-order valence-electron chi connectivity index (χ2n) is 8.80. The normalized spacial score (nSPS) is 19.8. The second-order valence-corrected chi connectivity index (χ2v) is 9.68. The zero-order chi connectivity index (χ0) is 23.8. The summed E-state index contributed by atoms with van der Waals surface area (Å²) in [7, 11) is 0. The molecule has 2 unspecified atom stereocenters. The Balaban J connectivity index is 1.42. The van der Waals surface area contributed by atoms with E-state index in [0.29, 0.717) is 35.7 Å². The van der Waals surface area contributed by atoms with Crippen LogP contribution in [0.25, 0.3) is 10.9 Å². The van der Waals surface area contributed by atoms with Gasteiger partial charge in [0.05, 0.1) is 28.4 Å². The van der Waals surface area contributed by atoms with Crippen LogP contribution in [0.4, 0.5) is 5.69 Å². The van der Waals surface area contributed by atoms with Crippen molar-refractivity contribution in [3.05, 3.63) is 64.8 Å². The summed E-state index contributed by atoms with van der Waals surface area (Å²) in [4.78, 5) is 20.3. The second kappa shape index (κ2) is 9.06. The van der Waals surface area contributed by atoms with Crippen molar-refractivity contribution in [2.75, 3.05) is 17.9 Å². The predicted molar refractivity (Wildman–Crippen MR) is 134 cm³/mol. The van der Waals surface area contributed by atoms with Crippen LogP contribution in [0, 0.1) is 13.8 Å². The SMILES string of the molecule is Cc1ccc2nc(C)cc(C(=O)N3CCCCC3COc3cccc4c3C(N)=NS(=O)N4)c2c1. The van der Waals surface area contributed by atoms with Crippen LogP contribution in [0.5, 0.6) is 5.75 Å². The average Bonchev–Trinajstić information content (AvgIpc) is 2.82. The quantitative estimate of drug-likeness (QED) is 0.596. The molecule has 0 saturated carbocycles. The number of anilines is 1. The summed E-state index contributed by atoms with van der Waals surface area (Å²) in [5.41, 5.74) is 10.7. The van der Waals surface area contributed by atoms with E-state index >= 15 is 0 Å². The number of carbonyl (C=O) groups excluding carboxylic acids is 1. The summed E-state index contributed by atoms with van der Waals surface area (Å²) in [6.45, 7) is 4.95. The lowest BCUT2D eigenvalue weighted by molar-refractivity contribution is 0.0530. The molecule has 2 atom stereocenters. The number of nitrogens with one attached hydrogen (secondary N) is 1. The highest BCUT2D eigenvalue weighted by Gasteiger charge is 2.30. The zero-order valence-electron chi connectivity index (χ0n) is 19.2.